The molecular weight excluding hydrogens is 353 g/mol. The van der Waals surface area contributed by atoms with Gasteiger partial charge in [0.2, 0.25) is 5.95 Å². The minimum absolute atomic E-state index is 0.118. The Labute approximate surface area is 147 Å². The molecule has 2 atom stereocenters. The predicted octanol–water partition coefficient (Wildman–Crippen LogP) is 3.29. The molecule has 2 unspecified atom stereocenters. The Balaban J connectivity index is 1.85. The summed E-state index contributed by atoms with van der Waals surface area (Å²) in [5, 5.41) is 3.19. The number of nitrogens with one attached hydrogen (secondary N) is 2. The fourth-order valence-corrected chi connectivity index (χ4v) is 3.57. The van der Waals surface area contributed by atoms with E-state index in [2.05, 4.69) is 36.5 Å². The third-order valence-electron chi connectivity index (χ3n) is 4.28. The summed E-state index contributed by atoms with van der Waals surface area (Å²) in [6.07, 6.45) is 1.91. The van der Waals surface area contributed by atoms with Crippen LogP contribution in [0.25, 0.3) is 11.4 Å². The highest BCUT2D eigenvalue weighted by Crippen LogP contribution is 2.35. The summed E-state index contributed by atoms with van der Waals surface area (Å²) in [6.45, 7) is 3.93. The first-order valence-corrected chi connectivity index (χ1v) is 9.05. The Bertz CT molecular complexity index is 706. The number of anilines is 1. The van der Waals surface area contributed by atoms with Crippen LogP contribution in [0.2, 0.25) is 0 Å². The molecule has 136 valence electrons. The predicted molar refractivity (Wildman–Crippen MR) is 90.9 cm³/mol. The highest BCUT2D eigenvalue weighted by molar-refractivity contribution is 7.96. The first-order chi connectivity index (χ1) is 11.9. The van der Waals surface area contributed by atoms with Crippen molar-refractivity contribution in [1.29, 1.82) is 0 Å². The van der Waals surface area contributed by atoms with Crippen LogP contribution in [0.5, 0.6) is 0 Å². The molecule has 3 rings (SSSR count). The fraction of sp³-hybridized carbons (Fsp3) is 0.533. The Morgan fingerprint density at radius 1 is 1.36 bits per heavy atom. The molecule has 2 aromatic rings. The first kappa shape index (κ1) is 18.0. The molecule has 0 amide bonds. The van der Waals surface area contributed by atoms with Gasteiger partial charge in [0, 0.05) is 31.5 Å². The van der Waals surface area contributed by atoms with Crippen LogP contribution in [0.15, 0.2) is 18.7 Å². The zero-order chi connectivity index (χ0) is 18.0. The van der Waals surface area contributed by atoms with Gasteiger partial charge in [0.1, 0.15) is 17.0 Å². The SMILES string of the molecule is CSN1CCC(Nc2ncc(C(F)(F)F)c(-c3c[nH]cn3)n2)C(C)C1. The third kappa shape index (κ3) is 4.06. The maximum Gasteiger partial charge on any atom is 0.420 e. The molecule has 25 heavy (non-hydrogen) atoms. The van der Waals surface area contributed by atoms with Gasteiger partial charge in [-0.25, -0.2) is 15.0 Å². The van der Waals surface area contributed by atoms with Gasteiger partial charge in [-0.3, -0.25) is 4.31 Å². The van der Waals surface area contributed by atoms with E-state index >= 15 is 0 Å². The number of rotatable bonds is 4. The average Bonchev–Trinajstić information content (AvgIpc) is 3.10. The smallest absolute Gasteiger partial charge is 0.351 e. The van der Waals surface area contributed by atoms with Crippen molar-refractivity contribution in [3.63, 3.8) is 0 Å². The molecule has 3 heterocycles. The van der Waals surface area contributed by atoms with Gasteiger partial charge < -0.3 is 10.3 Å². The number of aromatic amines is 1. The lowest BCUT2D eigenvalue weighted by Gasteiger charge is -2.35. The van der Waals surface area contributed by atoms with Crippen LogP contribution >= 0.6 is 11.9 Å². The van der Waals surface area contributed by atoms with Crippen molar-refractivity contribution in [2.24, 2.45) is 5.92 Å². The van der Waals surface area contributed by atoms with E-state index in [1.54, 1.807) is 11.9 Å². The lowest BCUT2D eigenvalue weighted by Crippen LogP contribution is -2.42. The van der Waals surface area contributed by atoms with E-state index < -0.39 is 11.7 Å². The summed E-state index contributed by atoms with van der Waals surface area (Å²) in [6, 6.07) is 0.118. The standard InChI is InChI=1S/C15H19F3N6S/c1-9-7-24(25-2)4-3-11(9)22-14-20-5-10(15(16,17)18)13(23-14)12-6-19-8-21-12/h5-6,8-9,11H,3-4,7H2,1-2H3,(H,19,21)(H,20,22,23). The van der Waals surface area contributed by atoms with Crippen molar-refractivity contribution in [3.8, 4) is 11.4 Å². The van der Waals surface area contributed by atoms with Crippen LogP contribution in [0, 0.1) is 5.92 Å². The third-order valence-corrected chi connectivity index (χ3v) is 5.12. The number of hydrogen-bond acceptors (Lipinski definition) is 6. The number of H-pyrrole nitrogens is 1. The Morgan fingerprint density at radius 3 is 2.76 bits per heavy atom. The van der Waals surface area contributed by atoms with Crippen LogP contribution in [-0.2, 0) is 6.18 Å². The molecule has 6 nitrogen and oxygen atoms in total. The van der Waals surface area contributed by atoms with Crippen LogP contribution < -0.4 is 5.32 Å². The van der Waals surface area contributed by atoms with E-state index in [4.69, 9.17) is 0 Å². The molecule has 0 spiro atoms. The number of nitrogens with zero attached hydrogens (tertiary/aromatic N) is 4. The molecule has 2 aromatic heterocycles. The van der Waals surface area contributed by atoms with Gasteiger partial charge in [0.05, 0.1) is 6.33 Å². The average molecular weight is 372 g/mol. The molecule has 0 aromatic carbocycles. The highest BCUT2D eigenvalue weighted by Gasteiger charge is 2.36. The van der Waals surface area contributed by atoms with E-state index in [0.717, 1.165) is 25.7 Å². The van der Waals surface area contributed by atoms with Gasteiger partial charge in [-0.2, -0.15) is 13.2 Å². The topological polar surface area (TPSA) is 69.7 Å². The molecule has 10 heteroatoms. The molecule has 1 aliphatic rings. The van der Waals surface area contributed by atoms with E-state index in [0.29, 0.717) is 5.92 Å². The van der Waals surface area contributed by atoms with Crippen molar-refractivity contribution < 1.29 is 13.2 Å². The Hall–Kier alpha value is -1.81. The second kappa shape index (κ2) is 7.20. The molecule has 0 aliphatic carbocycles. The number of alkyl halides is 3. The summed E-state index contributed by atoms with van der Waals surface area (Å²) in [5.74, 6) is 0.529. The van der Waals surface area contributed by atoms with Gasteiger partial charge in [0.15, 0.2) is 0 Å². The lowest BCUT2D eigenvalue weighted by atomic mass is 9.95. The molecule has 0 saturated carbocycles. The summed E-state index contributed by atoms with van der Waals surface area (Å²) in [5.41, 5.74) is -0.973. The van der Waals surface area contributed by atoms with Gasteiger partial charge in [0.25, 0.3) is 0 Å². The number of hydrogen-bond donors (Lipinski definition) is 2. The summed E-state index contributed by atoms with van der Waals surface area (Å²) >= 11 is 1.70. The normalized spacial score (nSPS) is 22.1. The van der Waals surface area contributed by atoms with E-state index in [1.165, 1.54) is 12.5 Å². The quantitative estimate of drug-likeness (QED) is 0.803. The van der Waals surface area contributed by atoms with Gasteiger partial charge in [-0.05, 0) is 18.6 Å². The zero-order valence-electron chi connectivity index (χ0n) is 13.8. The summed E-state index contributed by atoms with van der Waals surface area (Å²) < 4.78 is 42.0. The Morgan fingerprint density at radius 2 is 2.16 bits per heavy atom. The largest absolute Gasteiger partial charge is 0.420 e. The molecule has 1 aliphatic heterocycles. The molecule has 0 radical (unpaired) electrons. The molecule has 1 saturated heterocycles. The minimum Gasteiger partial charge on any atom is -0.351 e. The number of piperidine rings is 1. The van der Waals surface area contributed by atoms with E-state index in [9.17, 15) is 13.2 Å². The van der Waals surface area contributed by atoms with Gasteiger partial charge in [-0.15, -0.1) is 0 Å². The Kier molecular flexibility index (Phi) is 5.19. The van der Waals surface area contributed by atoms with Crippen molar-refractivity contribution in [2.75, 3.05) is 24.7 Å². The maximum atomic E-state index is 13.2. The number of aromatic nitrogens is 4. The molecular formula is C15H19F3N6S. The molecule has 0 bridgehead atoms. The monoisotopic (exact) mass is 372 g/mol. The van der Waals surface area contributed by atoms with Crippen LogP contribution in [0.4, 0.5) is 19.1 Å². The number of halogens is 3. The van der Waals surface area contributed by atoms with Crippen molar-refractivity contribution in [3.05, 3.63) is 24.3 Å². The number of imidazole rings is 1. The van der Waals surface area contributed by atoms with Gasteiger partial charge >= 0.3 is 6.18 Å². The van der Waals surface area contributed by atoms with Crippen LogP contribution in [0.1, 0.15) is 18.9 Å². The van der Waals surface area contributed by atoms with Crippen molar-refractivity contribution in [2.45, 2.75) is 25.6 Å². The lowest BCUT2D eigenvalue weighted by molar-refractivity contribution is -0.137. The van der Waals surface area contributed by atoms with Crippen LogP contribution in [-0.4, -0.2) is 49.6 Å². The molecule has 1 fully saturated rings. The first-order valence-electron chi connectivity index (χ1n) is 7.87. The minimum atomic E-state index is -4.54. The summed E-state index contributed by atoms with van der Waals surface area (Å²) in [4.78, 5) is 14.6. The maximum absolute atomic E-state index is 13.2. The second-order valence-corrected chi connectivity index (χ2v) is 6.88. The summed E-state index contributed by atoms with van der Waals surface area (Å²) in [7, 11) is 0. The molecule has 2 N–H and O–H groups in total. The van der Waals surface area contributed by atoms with E-state index in [1.807, 2.05) is 6.26 Å². The fourth-order valence-electron chi connectivity index (χ4n) is 2.90. The second-order valence-electron chi connectivity index (χ2n) is 6.00. The van der Waals surface area contributed by atoms with Crippen molar-refractivity contribution in [1.82, 2.24) is 24.2 Å². The van der Waals surface area contributed by atoms with Gasteiger partial charge in [-0.1, -0.05) is 18.9 Å². The van der Waals surface area contributed by atoms with Crippen LogP contribution in [0.3, 0.4) is 0 Å². The van der Waals surface area contributed by atoms with E-state index in [-0.39, 0.29) is 23.4 Å². The highest BCUT2D eigenvalue weighted by atomic mass is 32.2. The van der Waals surface area contributed by atoms with Crippen molar-refractivity contribution >= 4 is 17.9 Å². The zero-order valence-corrected chi connectivity index (χ0v) is 14.7.